The molecular formula is C19H18BrN3O2S. The second kappa shape index (κ2) is 7.32. The van der Waals surface area contributed by atoms with Crippen molar-refractivity contribution in [1.29, 1.82) is 0 Å². The zero-order valence-corrected chi connectivity index (χ0v) is 16.9. The van der Waals surface area contributed by atoms with Gasteiger partial charge in [0.2, 0.25) is 0 Å². The number of aryl methyl sites for hydroxylation is 1. The Balaban J connectivity index is 1.53. The highest BCUT2D eigenvalue weighted by atomic mass is 79.9. The van der Waals surface area contributed by atoms with Crippen molar-refractivity contribution in [3.05, 3.63) is 52.0 Å². The van der Waals surface area contributed by atoms with Crippen molar-refractivity contribution >= 4 is 27.7 Å². The van der Waals surface area contributed by atoms with Gasteiger partial charge < -0.3 is 14.0 Å². The third-order valence-electron chi connectivity index (χ3n) is 4.21. The summed E-state index contributed by atoms with van der Waals surface area (Å²) in [5, 5.41) is 9.58. The Morgan fingerprint density at radius 3 is 2.50 bits per heavy atom. The molecule has 0 bridgehead atoms. The van der Waals surface area contributed by atoms with Gasteiger partial charge in [0.05, 0.1) is 0 Å². The van der Waals surface area contributed by atoms with Crippen LogP contribution >= 0.6 is 27.7 Å². The number of hydrogen-bond acceptors (Lipinski definition) is 5. The molecule has 3 aromatic rings. The normalized spacial score (nSPS) is 13.0. The summed E-state index contributed by atoms with van der Waals surface area (Å²) in [7, 11) is 2.00. The van der Waals surface area contributed by atoms with Crippen LogP contribution in [0.3, 0.4) is 0 Å². The molecule has 1 aliphatic heterocycles. The van der Waals surface area contributed by atoms with E-state index in [0.29, 0.717) is 13.2 Å². The summed E-state index contributed by atoms with van der Waals surface area (Å²) in [4.78, 5) is 0. The third-order valence-corrected chi connectivity index (χ3v) is 6.02. The van der Waals surface area contributed by atoms with E-state index >= 15 is 0 Å². The van der Waals surface area contributed by atoms with Gasteiger partial charge in [0.25, 0.3) is 0 Å². The Bertz CT molecular complexity index is 941. The lowest BCUT2D eigenvalue weighted by molar-refractivity contribution is 0.171. The minimum atomic E-state index is 0.588. The molecule has 0 N–H and O–H groups in total. The van der Waals surface area contributed by atoms with E-state index in [1.165, 1.54) is 5.56 Å². The number of hydrogen-bond donors (Lipinski definition) is 0. The fraction of sp³-hybridized carbons (Fsp3) is 0.263. The number of rotatable bonds is 4. The van der Waals surface area contributed by atoms with Crippen LogP contribution in [0, 0.1) is 6.92 Å². The minimum Gasteiger partial charge on any atom is -0.486 e. The van der Waals surface area contributed by atoms with Crippen molar-refractivity contribution in [2.75, 3.05) is 13.2 Å². The first-order chi connectivity index (χ1) is 12.6. The smallest absolute Gasteiger partial charge is 0.191 e. The second-order valence-electron chi connectivity index (χ2n) is 6.11. The van der Waals surface area contributed by atoms with Crippen LogP contribution in [0.1, 0.15) is 11.1 Å². The molecule has 1 aliphatic rings. The molecule has 4 rings (SSSR count). The summed E-state index contributed by atoms with van der Waals surface area (Å²) >= 11 is 5.27. The predicted octanol–water partition coefficient (Wildman–Crippen LogP) is 4.62. The summed E-state index contributed by atoms with van der Waals surface area (Å²) in [5.41, 5.74) is 3.44. The van der Waals surface area contributed by atoms with Crippen molar-refractivity contribution < 1.29 is 9.47 Å². The minimum absolute atomic E-state index is 0.588. The topological polar surface area (TPSA) is 49.2 Å². The van der Waals surface area contributed by atoms with E-state index in [4.69, 9.17) is 9.47 Å². The van der Waals surface area contributed by atoms with Crippen molar-refractivity contribution in [2.24, 2.45) is 7.05 Å². The lowest BCUT2D eigenvalue weighted by atomic mass is 10.1. The molecule has 0 aliphatic carbocycles. The Morgan fingerprint density at radius 2 is 1.77 bits per heavy atom. The predicted molar refractivity (Wildman–Crippen MR) is 106 cm³/mol. The third kappa shape index (κ3) is 3.46. The first-order valence-electron chi connectivity index (χ1n) is 8.29. The first-order valence-corrected chi connectivity index (χ1v) is 10.1. The first kappa shape index (κ1) is 17.4. The summed E-state index contributed by atoms with van der Waals surface area (Å²) in [6.07, 6.45) is 0. The molecule has 2 aromatic carbocycles. The van der Waals surface area contributed by atoms with E-state index in [0.717, 1.165) is 43.8 Å². The molecule has 134 valence electrons. The Kier molecular flexibility index (Phi) is 4.91. The molecule has 0 spiro atoms. The Labute approximate surface area is 164 Å². The van der Waals surface area contributed by atoms with Gasteiger partial charge in [-0.1, -0.05) is 57.5 Å². The molecule has 0 saturated carbocycles. The van der Waals surface area contributed by atoms with Gasteiger partial charge in [-0.25, -0.2) is 0 Å². The van der Waals surface area contributed by atoms with Crippen molar-refractivity contribution in [3.8, 4) is 22.9 Å². The van der Waals surface area contributed by atoms with Crippen LogP contribution in [0.15, 0.2) is 46.0 Å². The number of fused-ring (bicyclic) bond motifs is 1. The molecule has 5 nitrogen and oxygen atoms in total. The van der Waals surface area contributed by atoms with E-state index < -0.39 is 0 Å². The van der Waals surface area contributed by atoms with Gasteiger partial charge in [-0.05, 0) is 24.6 Å². The van der Waals surface area contributed by atoms with Gasteiger partial charge in [0.15, 0.2) is 22.5 Å². The number of thioether (sulfide) groups is 1. The lowest BCUT2D eigenvalue weighted by Crippen LogP contribution is -2.15. The molecule has 26 heavy (non-hydrogen) atoms. The van der Waals surface area contributed by atoms with E-state index in [9.17, 15) is 0 Å². The highest BCUT2D eigenvalue weighted by Crippen LogP contribution is 2.37. The van der Waals surface area contributed by atoms with Crippen molar-refractivity contribution in [2.45, 2.75) is 17.8 Å². The average molecular weight is 432 g/mol. The molecule has 0 atom stereocenters. The van der Waals surface area contributed by atoms with Crippen LogP contribution in [0.4, 0.5) is 0 Å². The van der Waals surface area contributed by atoms with E-state index in [1.807, 2.05) is 23.7 Å². The fourth-order valence-electron chi connectivity index (χ4n) is 2.75. The summed E-state index contributed by atoms with van der Waals surface area (Å²) in [5.74, 6) is 3.22. The maximum Gasteiger partial charge on any atom is 0.191 e. The van der Waals surface area contributed by atoms with Crippen molar-refractivity contribution in [3.63, 3.8) is 0 Å². The van der Waals surface area contributed by atoms with Gasteiger partial charge in [-0.2, -0.15) is 0 Å². The zero-order valence-electron chi connectivity index (χ0n) is 14.5. The molecule has 0 saturated heterocycles. The van der Waals surface area contributed by atoms with Crippen LogP contribution in [0.2, 0.25) is 0 Å². The maximum atomic E-state index is 5.68. The number of halogens is 1. The Morgan fingerprint density at radius 1 is 1.08 bits per heavy atom. The van der Waals surface area contributed by atoms with Crippen LogP contribution in [0.5, 0.6) is 11.5 Å². The van der Waals surface area contributed by atoms with E-state index in [2.05, 4.69) is 57.3 Å². The fourth-order valence-corrected chi connectivity index (χ4v) is 4.30. The molecule has 1 aromatic heterocycles. The van der Waals surface area contributed by atoms with Gasteiger partial charge in [0, 0.05) is 22.8 Å². The Hall–Kier alpha value is -1.99. The molecule has 0 radical (unpaired) electrons. The van der Waals surface area contributed by atoms with E-state index in [1.54, 1.807) is 11.8 Å². The SMILES string of the molecule is Cc1ccc(-c2nnc(SCc3cc4c(cc3Br)OCCO4)n2C)cc1. The molecular weight excluding hydrogens is 414 g/mol. The van der Waals surface area contributed by atoms with Crippen LogP contribution in [0.25, 0.3) is 11.4 Å². The average Bonchev–Trinajstić information content (AvgIpc) is 3.01. The van der Waals surface area contributed by atoms with E-state index in [-0.39, 0.29) is 0 Å². The monoisotopic (exact) mass is 431 g/mol. The van der Waals surface area contributed by atoms with Gasteiger partial charge in [-0.15, -0.1) is 10.2 Å². The molecule has 2 heterocycles. The van der Waals surface area contributed by atoms with Gasteiger partial charge in [0.1, 0.15) is 13.2 Å². The van der Waals surface area contributed by atoms with Crippen LogP contribution in [-0.2, 0) is 12.8 Å². The standard InChI is InChI=1S/C19H18BrN3O2S/c1-12-3-5-13(6-4-12)18-21-22-19(23(18)2)26-11-14-9-16-17(10-15(14)20)25-8-7-24-16/h3-6,9-10H,7-8,11H2,1-2H3. The number of aromatic nitrogens is 3. The quantitative estimate of drug-likeness (QED) is 0.564. The molecule has 7 heteroatoms. The zero-order chi connectivity index (χ0) is 18.1. The van der Waals surface area contributed by atoms with Crippen LogP contribution < -0.4 is 9.47 Å². The second-order valence-corrected chi connectivity index (χ2v) is 7.90. The molecule has 0 fully saturated rings. The number of nitrogens with zero attached hydrogens (tertiary/aromatic N) is 3. The summed E-state index contributed by atoms with van der Waals surface area (Å²) in [6, 6.07) is 12.3. The largest absolute Gasteiger partial charge is 0.486 e. The lowest BCUT2D eigenvalue weighted by Gasteiger charge is -2.19. The van der Waals surface area contributed by atoms with Gasteiger partial charge >= 0.3 is 0 Å². The number of ether oxygens (including phenoxy) is 2. The summed E-state index contributed by atoms with van der Waals surface area (Å²) in [6.45, 7) is 3.26. The summed E-state index contributed by atoms with van der Waals surface area (Å²) < 4.78 is 14.3. The molecule has 0 amide bonds. The molecule has 0 unspecified atom stereocenters. The van der Waals surface area contributed by atoms with Gasteiger partial charge in [-0.3, -0.25) is 0 Å². The van der Waals surface area contributed by atoms with Crippen LogP contribution in [-0.4, -0.2) is 28.0 Å². The van der Waals surface area contributed by atoms with Crippen molar-refractivity contribution in [1.82, 2.24) is 14.8 Å². The highest BCUT2D eigenvalue weighted by molar-refractivity contribution is 9.10. The number of benzene rings is 2. The maximum absolute atomic E-state index is 5.68. The highest BCUT2D eigenvalue weighted by Gasteiger charge is 2.16.